The van der Waals surface area contributed by atoms with Crippen molar-refractivity contribution in [3.05, 3.63) is 42.5 Å². The summed E-state index contributed by atoms with van der Waals surface area (Å²) in [5.74, 6) is 0.647. The van der Waals surface area contributed by atoms with Crippen molar-refractivity contribution >= 4 is 18.0 Å². The molecule has 0 spiro atoms. The zero-order valence-electron chi connectivity index (χ0n) is 15.3. The van der Waals surface area contributed by atoms with Crippen molar-refractivity contribution in [3.63, 3.8) is 0 Å². The summed E-state index contributed by atoms with van der Waals surface area (Å²) >= 11 is 0. The topological polar surface area (TPSA) is 38.7 Å². The van der Waals surface area contributed by atoms with Crippen LogP contribution >= 0.6 is 0 Å². The molecule has 5 heteroatoms. The van der Waals surface area contributed by atoms with Gasteiger partial charge in [-0.2, -0.15) is 0 Å². The highest BCUT2D eigenvalue weighted by Gasteiger charge is 2.22. The molecule has 0 saturated carbocycles. The predicted octanol–water partition coefficient (Wildman–Crippen LogP) is 4.88. The Balaban J connectivity index is 3.22. The van der Waals surface area contributed by atoms with Gasteiger partial charge in [0.05, 0.1) is 28.1 Å². The lowest BCUT2D eigenvalue weighted by molar-refractivity contribution is 0.256. The van der Waals surface area contributed by atoms with E-state index in [9.17, 15) is 4.21 Å². The largest absolute Gasteiger partial charge is 0.415 e. The van der Waals surface area contributed by atoms with E-state index in [0.717, 1.165) is 10.5 Å². The summed E-state index contributed by atoms with van der Waals surface area (Å²) in [7, 11) is -4.12. The number of nitrogens with zero attached hydrogens (tertiary/aromatic N) is 1. The molecular weight excluding hydrogens is 322 g/mol. The molecule has 0 N–H and O–H groups in total. The van der Waals surface area contributed by atoms with Crippen LogP contribution in [0.1, 0.15) is 19.4 Å². The Kier molecular flexibility index (Phi) is 7.23. The van der Waals surface area contributed by atoms with E-state index >= 15 is 0 Å². The molecule has 0 aliphatic rings. The molecule has 0 fully saturated rings. The van der Waals surface area contributed by atoms with Crippen molar-refractivity contribution in [1.82, 2.24) is 0 Å². The molecule has 0 unspecified atom stereocenters. The van der Waals surface area contributed by atoms with Crippen LogP contribution < -0.4 is 0 Å². The van der Waals surface area contributed by atoms with Gasteiger partial charge in [0.15, 0.2) is 8.32 Å². The number of benzene rings is 1. The molecule has 0 heterocycles. The summed E-state index contributed by atoms with van der Waals surface area (Å²) in [5, 5.41) is 0. The summed E-state index contributed by atoms with van der Waals surface area (Å²) in [6, 6.07) is 7.73. The average molecular weight is 354 g/mol. The van der Waals surface area contributed by atoms with Crippen molar-refractivity contribution in [2.45, 2.75) is 51.3 Å². The minimum Gasteiger partial charge on any atom is -0.415 e. The second kappa shape index (κ2) is 8.26. The number of hydrogen-bond acceptors (Lipinski definition) is 3. The number of rotatable bonds is 8. The fourth-order valence-corrected chi connectivity index (χ4v) is 4.70. The van der Waals surface area contributed by atoms with Crippen molar-refractivity contribution in [3.8, 4) is 0 Å². The van der Waals surface area contributed by atoms with Crippen LogP contribution in [0.5, 0.6) is 0 Å². The Bertz CT molecular complexity index is 623. The minimum atomic E-state index is -2.50. The van der Waals surface area contributed by atoms with Crippen LogP contribution in [-0.4, -0.2) is 30.9 Å². The molecule has 0 saturated heterocycles. The summed E-state index contributed by atoms with van der Waals surface area (Å²) in [4.78, 5) is 0.779. The molecule has 0 aliphatic heterocycles. The van der Waals surface area contributed by atoms with Crippen LogP contribution in [0.3, 0.4) is 0 Å². The van der Waals surface area contributed by atoms with Crippen molar-refractivity contribution in [2.24, 2.45) is 10.3 Å². The molecule has 1 rings (SSSR count). The van der Waals surface area contributed by atoms with Gasteiger partial charge >= 0.3 is 0 Å². The van der Waals surface area contributed by atoms with Gasteiger partial charge in [0.2, 0.25) is 0 Å². The van der Waals surface area contributed by atoms with Gasteiger partial charge in [-0.3, -0.25) is 0 Å². The lowest BCUT2D eigenvalue weighted by atomic mass is 10.1. The molecule has 23 heavy (non-hydrogen) atoms. The van der Waals surface area contributed by atoms with Crippen LogP contribution in [0.2, 0.25) is 19.6 Å². The molecule has 130 valence electrons. The lowest BCUT2D eigenvalue weighted by Crippen LogP contribution is -2.32. The normalized spacial score (nSPS) is 16.0. The fourth-order valence-electron chi connectivity index (χ4n) is 2.01. The molecule has 0 aromatic heterocycles. The Morgan fingerprint density at radius 2 is 1.83 bits per heavy atom. The maximum absolute atomic E-state index is 13.5. The van der Waals surface area contributed by atoms with Gasteiger partial charge in [-0.15, -0.1) is 6.58 Å². The Morgan fingerprint density at radius 1 is 1.26 bits per heavy atom. The first kappa shape index (κ1) is 20.1. The highest BCUT2D eigenvalue weighted by atomic mass is 32.2. The summed E-state index contributed by atoms with van der Waals surface area (Å²) in [6.07, 6.45) is 1.70. The summed E-state index contributed by atoms with van der Waals surface area (Å²) in [5.41, 5.74) is 1.15. The average Bonchev–Trinajstić information content (AvgIpc) is 2.43. The van der Waals surface area contributed by atoms with E-state index in [0.29, 0.717) is 12.4 Å². The molecule has 1 aromatic rings. The smallest absolute Gasteiger partial charge is 0.183 e. The van der Waals surface area contributed by atoms with E-state index in [1.165, 1.54) is 0 Å². The quantitative estimate of drug-likeness (QED) is 0.493. The molecule has 2 atom stereocenters. The van der Waals surface area contributed by atoms with Crippen LogP contribution in [0.25, 0.3) is 0 Å². The standard InChI is InChI=1S/C18H31NO2SSi/c1-8-13-22(20,17-11-9-16(4)10-12-17)19-18(15(2)3)14-21-23(5,6)7/h8-12,15,18H,1,13-14H2,2-7H3/t18-,22-/m1/s1. The Labute approximate surface area is 143 Å². The zero-order valence-corrected chi connectivity index (χ0v) is 17.2. The van der Waals surface area contributed by atoms with Crippen molar-refractivity contribution < 1.29 is 8.63 Å². The van der Waals surface area contributed by atoms with Gasteiger partial charge in [-0.05, 0) is 44.6 Å². The SMILES string of the molecule is C=CC[S@](=O)(=N[C@H](CO[Si](C)(C)C)C(C)C)c1ccc(C)cc1. The monoisotopic (exact) mass is 353 g/mol. The fraction of sp³-hybridized carbons (Fsp3) is 0.556. The number of aryl methyl sites for hydroxylation is 1. The third-order valence-electron chi connectivity index (χ3n) is 3.50. The minimum absolute atomic E-state index is 0.0736. The molecule has 0 bridgehead atoms. The van der Waals surface area contributed by atoms with E-state index < -0.39 is 18.0 Å². The summed E-state index contributed by atoms with van der Waals surface area (Å²) in [6.45, 7) is 17.0. The van der Waals surface area contributed by atoms with Crippen LogP contribution in [0.15, 0.2) is 46.2 Å². The lowest BCUT2D eigenvalue weighted by Gasteiger charge is -2.24. The van der Waals surface area contributed by atoms with Crippen LogP contribution in [0.4, 0.5) is 0 Å². The highest BCUT2D eigenvalue weighted by Crippen LogP contribution is 2.20. The Morgan fingerprint density at radius 3 is 2.26 bits per heavy atom. The first-order chi connectivity index (χ1) is 10.6. The van der Waals surface area contributed by atoms with Gasteiger partial charge in [0, 0.05) is 4.90 Å². The molecule has 3 nitrogen and oxygen atoms in total. The Hall–Kier alpha value is -0.913. The number of hydrogen-bond donors (Lipinski definition) is 0. The van der Waals surface area contributed by atoms with E-state index in [1.807, 2.05) is 31.2 Å². The first-order valence-electron chi connectivity index (χ1n) is 8.13. The van der Waals surface area contributed by atoms with Crippen LogP contribution in [-0.2, 0) is 14.2 Å². The van der Waals surface area contributed by atoms with Gasteiger partial charge in [-0.25, -0.2) is 8.57 Å². The predicted molar refractivity (Wildman–Crippen MR) is 103 cm³/mol. The third kappa shape index (κ3) is 6.61. The third-order valence-corrected chi connectivity index (χ3v) is 6.84. The van der Waals surface area contributed by atoms with Crippen molar-refractivity contribution in [1.29, 1.82) is 0 Å². The molecule has 0 aliphatic carbocycles. The molecular formula is C18H31NO2SSi. The van der Waals surface area contributed by atoms with Crippen molar-refractivity contribution in [2.75, 3.05) is 12.4 Å². The van der Waals surface area contributed by atoms with E-state index in [4.69, 9.17) is 8.79 Å². The molecule has 0 amide bonds. The van der Waals surface area contributed by atoms with Gasteiger partial charge in [0.25, 0.3) is 0 Å². The van der Waals surface area contributed by atoms with E-state index in [2.05, 4.69) is 40.1 Å². The second-order valence-electron chi connectivity index (χ2n) is 7.25. The maximum atomic E-state index is 13.5. The second-order valence-corrected chi connectivity index (χ2v) is 14.1. The first-order valence-corrected chi connectivity index (χ1v) is 13.2. The van der Waals surface area contributed by atoms with E-state index in [1.54, 1.807) is 6.08 Å². The van der Waals surface area contributed by atoms with Gasteiger partial charge in [0.1, 0.15) is 0 Å². The maximum Gasteiger partial charge on any atom is 0.183 e. The zero-order chi connectivity index (χ0) is 17.7. The highest BCUT2D eigenvalue weighted by molar-refractivity contribution is 7.93. The molecule has 0 radical (unpaired) electrons. The van der Waals surface area contributed by atoms with E-state index in [-0.39, 0.29) is 12.0 Å². The summed E-state index contributed by atoms with van der Waals surface area (Å²) < 4.78 is 24.2. The van der Waals surface area contributed by atoms with Crippen LogP contribution in [0, 0.1) is 12.8 Å². The molecule has 1 aromatic carbocycles. The van der Waals surface area contributed by atoms with Gasteiger partial charge < -0.3 is 4.43 Å². The van der Waals surface area contributed by atoms with Gasteiger partial charge in [-0.1, -0.05) is 37.6 Å².